The molecule has 0 aromatic heterocycles. The molecule has 0 saturated carbocycles. The fourth-order valence-corrected chi connectivity index (χ4v) is 2.89. The van der Waals surface area contributed by atoms with Gasteiger partial charge in [-0.1, -0.05) is 6.92 Å². The van der Waals surface area contributed by atoms with E-state index < -0.39 is 0 Å². The van der Waals surface area contributed by atoms with Crippen LogP contribution in [0.15, 0.2) is 0 Å². The molecule has 0 spiro atoms. The summed E-state index contributed by atoms with van der Waals surface area (Å²) in [5.41, 5.74) is 6.26. The van der Waals surface area contributed by atoms with Crippen molar-refractivity contribution in [3.63, 3.8) is 0 Å². The van der Waals surface area contributed by atoms with Gasteiger partial charge in [0.05, 0.1) is 0 Å². The van der Waals surface area contributed by atoms with Crippen molar-refractivity contribution in [1.82, 2.24) is 4.90 Å². The van der Waals surface area contributed by atoms with Gasteiger partial charge in [-0.3, -0.25) is 4.90 Å². The van der Waals surface area contributed by atoms with Crippen molar-refractivity contribution in [2.45, 2.75) is 58.0 Å². The van der Waals surface area contributed by atoms with Crippen molar-refractivity contribution in [1.29, 1.82) is 0 Å². The van der Waals surface area contributed by atoms with Crippen molar-refractivity contribution >= 4 is 0 Å². The van der Waals surface area contributed by atoms with Gasteiger partial charge in [0, 0.05) is 31.3 Å². The first-order valence-electron chi connectivity index (χ1n) is 6.71. The minimum Gasteiger partial charge on any atom is -0.381 e. The van der Waals surface area contributed by atoms with Crippen LogP contribution in [0.5, 0.6) is 0 Å². The summed E-state index contributed by atoms with van der Waals surface area (Å²) in [6.45, 7) is 10.5. The molecule has 3 heteroatoms. The smallest absolute Gasteiger partial charge is 0.0484 e. The van der Waals surface area contributed by atoms with Gasteiger partial charge in [0.15, 0.2) is 0 Å². The Balaban J connectivity index is 2.79. The van der Waals surface area contributed by atoms with E-state index in [-0.39, 0.29) is 5.54 Å². The van der Waals surface area contributed by atoms with E-state index in [4.69, 9.17) is 10.5 Å². The Hall–Kier alpha value is -0.120. The minimum atomic E-state index is 0.181. The summed E-state index contributed by atoms with van der Waals surface area (Å²) in [5.74, 6) is 0. The van der Waals surface area contributed by atoms with E-state index >= 15 is 0 Å². The Morgan fingerprint density at radius 3 is 2.62 bits per heavy atom. The molecule has 1 saturated heterocycles. The monoisotopic (exact) mass is 228 g/mol. The molecule has 2 N–H and O–H groups in total. The van der Waals surface area contributed by atoms with Crippen LogP contribution >= 0.6 is 0 Å². The van der Waals surface area contributed by atoms with E-state index in [1.54, 1.807) is 0 Å². The third kappa shape index (κ3) is 3.19. The molecule has 0 aromatic carbocycles. The van der Waals surface area contributed by atoms with Crippen LogP contribution in [-0.4, -0.2) is 42.8 Å². The van der Waals surface area contributed by atoms with Crippen LogP contribution in [0.3, 0.4) is 0 Å². The second kappa shape index (κ2) is 6.58. The first-order chi connectivity index (χ1) is 7.66. The van der Waals surface area contributed by atoms with Crippen LogP contribution in [0, 0.1) is 0 Å². The molecule has 3 nitrogen and oxygen atoms in total. The maximum absolute atomic E-state index is 6.08. The van der Waals surface area contributed by atoms with Gasteiger partial charge < -0.3 is 10.5 Å². The Bertz CT molecular complexity index is 186. The molecule has 0 aliphatic carbocycles. The molecule has 16 heavy (non-hydrogen) atoms. The fraction of sp³-hybridized carbons (Fsp3) is 1.00. The molecule has 0 radical (unpaired) electrons. The molecule has 1 heterocycles. The molecular formula is C13H28N2O. The van der Waals surface area contributed by atoms with Gasteiger partial charge >= 0.3 is 0 Å². The quantitative estimate of drug-likeness (QED) is 0.782. The van der Waals surface area contributed by atoms with E-state index in [2.05, 4.69) is 25.7 Å². The summed E-state index contributed by atoms with van der Waals surface area (Å²) in [7, 11) is 0. The summed E-state index contributed by atoms with van der Waals surface area (Å²) in [6.07, 6.45) is 4.61. The molecule has 0 bridgehead atoms. The SMILES string of the molecule is CCCN(C(C)C)C1(CN)CCCOCC1. The summed E-state index contributed by atoms with van der Waals surface area (Å²) in [4.78, 5) is 2.60. The number of nitrogens with zero attached hydrogens (tertiary/aromatic N) is 1. The molecular weight excluding hydrogens is 200 g/mol. The van der Waals surface area contributed by atoms with Crippen LogP contribution in [0.4, 0.5) is 0 Å². The lowest BCUT2D eigenvalue weighted by atomic mass is 9.87. The van der Waals surface area contributed by atoms with E-state index in [1.165, 1.54) is 12.8 Å². The van der Waals surface area contributed by atoms with Crippen LogP contribution < -0.4 is 5.73 Å². The van der Waals surface area contributed by atoms with Crippen LogP contribution in [0.25, 0.3) is 0 Å². The first kappa shape index (κ1) is 13.9. The highest BCUT2D eigenvalue weighted by Gasteiger charge is 2.36. The van der Waals surface area contributed by atoms with E-state index in [1.807, 2.05) is 0 Å². The minimum absolute atomic E-state index is 0.181. The first-order valence-corrected chi connectivity index (χ1v) is 6.71. The Kier molecular flexibility index (Phi) is 5.73. The van der Waals surface area contributed by atoms with Gasteiger partial charge in [0.25, 0.3) is 0 Å². The van der Waals surface area contributed by atoms with Crippen molar-refractivity contribution in [3.8, 4) is 0 Å². The topological polar surface area (TPSA) is 38.5 Å². The standard InChI is InChI=1S/C13H28N2O/c1-4-8-15(12(2)3)13(11-14)6-5-9-16-10-7-13/h12H,4-11,14H2,1-3H3. The largest absolute Gasteiger partial charge is 0.381 e. The zero-order valence-electron chi connectivity index (χ0n) is 11.2. The van der Waals surface area contributed by atoms with Crippen molar-refractivity contribution in [3.05, 3.63) is 0 Å². The van der Waals surface area contributed by atoms with E-state index in [0.717, 1.165) is 39.1 Å². The highest BCUT2D eigenvalue weighted by Crippen LogP contribution is 2.29. The molecule has 1 aliphatic rings. The predicted molar refractivity (Wildman–Crippen MR) is 68.6 cm³/mol. The Morgan fingerprint density at radius 2 is 2.06 bits per heavy atom. The molecule has 1 unspecified atom stereocenters. The van der Waals surface area contributed by atoms with Crippen LogP contribution in [0.2, 0.25) is 0 Å². The zero-order valence-corrected chi connectivity index (χ0v) is 11.2. The lowest BCUT2D eigenvalue weighted by molar-refractivity contribution is 0.0410. The van der Waals surface area contributed by atoms with E-state index in [9.17, 15) is 0 Å². The Morgan fingerprint density at radius 1 is 1.31 bits per heavy atom. The zero-order chi connectivity index (χ0) is 12.0. The Labute approximate surface area is 100 Å². The average molecular weight is 228 g/mol. The number of hydrogen-bond acceptors (Lipinski definition) is 3. The van der Waals surface area contributed by atoms with Crippen LogP contribution in [-0.2, 0) is 4.74 Å². The van der Waals surface area contributed by atoms with Gasteiger partial charge in [0.2, 0.25) is 0 Å². The lowest BCUT2D eigenvalue weighted by Crippen LogP contribution is -2.57. The lowest BCUT2D eigenvalue weighted by Gasteiger charge is -2.45. The molecule has 96 valence electrons. The average Bonchev–Trinajstić information content (AvgIpc) is 2.51. The number of rotatable bonds is 5. The number of ether oxygens (including phenoxy) is 1. The molecule has 0 aromatic rings. The van der Waals surface area contributed by atoms with Crippen molar-refractivity contribution < 1.29 is 4.74 Å². The summed E-state index contributed by atoms with van der Waals surface area (Å²) in [5, 5.41) is 0. The van der Waals surface area contributed by atoms with Gasteiger partial charge in [-0.15, -0.1) is 0 Å². The molecule has 1 rings (SSSR count). The second-order valence-corrected chi connectivity index (χ2v) is 5.18. The molecule has 0 amide bonds. The van der Waals surface area contributed by atoms with Gasteiger partial charge in [0.1, 0.15) is 0 Å². The molecule has 1 aliphatic heterocycles. The van der Waals surface area contributed by atoms with Crippen molar-refractivity contribution in [2.75, 3.05) is 26.3 Å². The highest BCUT2D eigenvalue weighted by molar-refractivity contribution is 4.94. The predicted octanol–water partition coefficient (Wildman–Crippen LogP) is 2.00. The van der Waals surface area contributed by atoms with Crippen LogP contribution in [0.1, 0.15) is 46.5 Å². The number of nitrogens with two attached hydrogens (primary N) is 1. The normalized spacial score (nSPS) is 27.4. The van der Waals surface area contributed by atoms with Gasteiger partial charge in [-0.05, 0) is 46.1 Å². The van der Waals surface area contributed by atoms with E-state index in [0.29, 0.717) is 6.04 Å². The maximum atomic E-state index is 6.08. The second-order valence-electron chi connectivity index (χ2n) is 5.18. The van der Waals surface area contributed by atoms with Gasteiger partial charge in [-0.2, -0.15) is 0 Å². The third-order valence-corrected chi connectivity index (χ3v) is 3.72. The summed E-state index contributed by atoms with van der Waals surface area (Å²) >= 11 is 0. The number of hydrogen-bond donors (Lipinski definition) is 1. The summed E-state index contributed by atoms with van der Waals surface area (Å²) in [6, 6.07) is 0.571. The highest BCUT2D eigenvalue weighted by atomic mass is 16.5. The van der Waals surface area contributed by atoms with Gasteiger partial charge in [-0.25, -0.2) is 0 Å². The molecule has 1 fully saturated rings. The van der Waals surface area contributed by atoms with Crippen molar-refractivity contribution in [2.24, 2.45) is 5.73 Å². The third-order valence-electron chi connectivity index (χ3n) is 3.72. The fourth-order valence-electron chi connectivity index (χ4n) is 2.89. The summed E-state index contributed by atoms with van der Waals surface area (Å²) < 4.78 is 5.58. The maximum Gasteiger partial charge on any atom is 0.0484 e. The molecule has 1 atom stereocenters.